The molecule has 0 unspecified atom stereocenters. The summed E-state index contributed by atoms with van der Waals surface area (Å²) in [5, 5.41) is 22.4. The van der Waals surface area contributed by atoms with Crippen LogP contribution < -0.4 is 10.2 Å². The summed E-state index contributed by atoms with van der Waals surface area (Å²) >= 11 is 0. The highest BCUT2D eigenvalue weighted by Crippen LogP contribution is 2.34. The van der Waals surface area contributed by atoms with Crippen LogP contribution in [0.1, 0.15) is 16.8 Å². The van der Waals surface area contributed by atoms with Crippen molar-refractivity contribution in [3.63, 3.8) is 0 Å². The summed E-state index contributed by atoms with van der Waals surface area (Å²) in [6, 6.07) is 5.68. The first-order chi connectivity index (χ1) is 13.6. The molecule has 4 aromatic rings. The summed E-state index contributed by atoms with van der Waals surface area (Å²) in [7, 11) is 1.86. The first-order valence-corrected chi connectivity index (χ1v) is 9.08. The number of fused-ring (bicyclic) bond motifs is 2. The van der Waals surface area contributed by atoms with Gasteiger partial charge in [0, 0.05) is 37.9 Å². The van der Waals surface area contributed by atoms with Crippen molar-refractivity contribution in [2.75, 3.05) is 23.3 Å². The van der Waals surface area contributed by atoms with Gasteiger partial charge in [0.25, 0.3) is 5.91 Å². The Morgan fingerprint density at radius 1 is 1.29 bits per heavy atom. The monoisotopic (exact) mass is 377 g/mol. The molecule has 142 valence electrons. The molecule has 9 nitrogen and oxygen atoms in total. The van der Waals surface area contributed by atoms with E-state index in [0.717, 1.165) is 23.1 Å². The second kappa shape index (κ2) is 6.31. The maximum absolute atomic E-state index is 13.0. The molecule has 1 atom stereocenters. The van der Waals surface area contributed by atoms with Crippen LogP contribution in [0.2, 0.25) is 0 Å². The van der Waals surface area contributed by atoms with Gasteiger partial charge in [-0.2, -0.15) is 10.2 Å². The molecule has 0 radical (unpaired) electrons. The van der Waals surface area contributed by atoms with Crippen LogP contribution in [0.5, 0.6) is 0 Å². The second-order valence-electron chi connectivity index (χ2n) is 6.99. The highest BCUT2D eigenvalue weighted by molar-refractivity contribution is 6.10. The van der Waals surface area contributed by atoms with Gasteiger partial charge in [0.2, 0.25) is 0 Å². The van der Waals surface area contributed by atoms with Crippen molar-refractivity contribution in [1.29, 1.82) is 0 Å². The molecule has 5 rings (SSSR count). The number of hydrogen-bond acceptors (Lipinski definition) is 6. The maximum atomic E-state index is 13.0. The largest absolute Gasteiger partial charge is 0.391 e. The van der Waals surface area contributed by atoms with Crippen LogP contribution >= 0.6 is 0 Å². The maximum Gasteiger partial charge on any atom is 0.261 e. The molecule has 4 heterocycles. The van der Waals surface area contributed by atoms with Crippen molar-refractivity contribution in [3.05, 3.63) is 48.5 Å². The molecule has 1 aliphatic rings. The third kappa shape index (κ3) is 2.67. The van der Waals surface area contributed by atoms with E-state index in [1.165, 1.54) is 6.20 Å². The molecule has 9 heteroatoms. The Labute approximate surface area is 160 Å². The van der Waals surface area contributed by atoms with Gasteiger partial charge in [0.1, 0.15) is 5.56 Å². The Bertz CT molecular complexity index is 1200. The molecular weight excluding hydrogens is 358 g/mol. The molecule has 1 amide bonds. The SMILES string of the molecule is Cn1ncc2cc(N3CC[C@H](O)C3)c(NC(=O)c3cnn4cccnc34)cc21. The smallest absolute Gasteiger partial charge is 0.261 e. The predicted molar refractivity (Wildman–Crippen MR) is 104 cm³/mol. The van der Waals surface area contributed by atoms with Gasteiger partial charge in [-0.15, -0.1) is 0 Å². The van der Waals surface area contributed by atoms with Gasteiger partial charge < -0.3 is 15.3 Å². The van der Waals surface area contributed by atoms with E-state index in [4.69, 9.17) is 0 Å². The van der Waals surface area contributed by atoms with Crippen LogP contribution in [-0.2, 0) is 7.05 Å². The molecule has 0 saturated carbocycles. The zero-order valence-corrected chi connectivity index (χ0v) is 15.3. The molecule has 2 N–H and O–H groups in total. The average molecular weight is 377 g/mol. The lowest BCUT2D eigenvalue weighted by molar-refractivity contribution is 0.102. The summed E-state index contributed by atoms with van der Waals surface area (Å²) in [5.41, 5.74) is 3.36. The highest BCUT2D eigenvalue weighted by Gasteiger charge is 2.25. The number of nitrogens with one attached hydrogen (secondary N) is 1. The summed E-state index contributed by atoms with van der Waals surface area (Å²) < 4.78 is 3.33. The number of aliphatic hydroxyl groups is 1. The minimum Gasteiger partial charge on any atom is -0.391 e. The number of anilines is 2. The third-order valence-corrected chi connectivity index (χ3v) is 5.14. The summed E-state index contributed by atoms with van der Waals surface area (Å²) in [6.45, 7) is 1.26. The second-order valence-corrected chi connectivity index (χ2v) is 6.99. The van der Waals surface area contributed by atoms with Gasteiger partial charge in [0.15, 0.2) is 5.65 Å². The number of nitrogens with zero attached hydrogens (tertiary/aromatic N) is 6. The lowest BCUT2D eigenvalue weighted by atomic mass is 10.1. The number of aromatic nitrogens is 5. The fourth-order valence-corrected chi connectivity index (χ4v) is 3.69. The zero-order chi connectivity index (χ0) is 19.3. The van der Waals surface area contributed by atoms with Crippen LogP contribution in [0.3, 0.4) is 0 Å². The number of amides is 1. The Morgan fingerprint density at radius 3 is 3.00 bits per heavy atom. The van der Waals surface area contributed by atoms with Crippen LogP contribution in [0.4, 0.5) is 11.4 Å². The predicted octanol–water partition coefficient (Wildman–Crippen LogP) is 1.44. The van der Waals surface area contributed by atoms with Gasteiger partial charge >= 0.3 is 0 Å². The van der Waals surface area contributed by atoms with Crippen molar-refractivity contribution >= 4 is 33.8 Å². The quantitative estimate of drug-likeness (QED) is 0.560. The van der Waals surface area contributed by atoms with Crippen LogP contribution in [0.25, 0.3) is 16.6 Å². The third-order valence-electron chi connectivity index (χ3n) is 5.14. The van der Waals surface area contributed by atoms with Gasteiger partial charge in [0.05, 0.1) is 35.4 Å². The Kier molecular flexibility index (Phi) is 3.76. The molecule has 1 fully saturated rings. The molecule has 28 heavy (non-hydrogen) atoms. The number of rotatable bonds is 3. The van der Waals surface area contributed by atoms with E-state index in [-0.39, 0.29) is 12.0 Å². The number of carbonyl (C=O) groups excluding carboxylic acids is 1. The Morgan fingerprint density at radius 2 is 2.18 bits per heavy atom. The standard InChI is InChI=1S/C19H19N7O2/c1-24-16-8-15(17(7-12(16)9-21-24)25-6-3-13(27)11-25)23-19(28)14-10-22-26-5-2-4-20-18(14)26/h2,4-5,7-10,13,27H,3,6,11H2,1H3,(H,23,28)/t13-/m0/s1. The van der Waals surface area contributed by atoms with Gasteiger partial charge in [-0.25, -0.2) is 9.50 Å². The topological polar surface area (TPSA) is 101 Å². The average Bonchev–Trinajstić information content (AvgIpc) is 3.40. The molecule has 3 aromatic heterocycles. The first-order valence-electron chi connectivity index (χ1n) is 9.08. The molecule has 0 aliphatic carbocycles. The summed E-state index contributed by atoms with van der Waals surface area (Å²) in [5.74, 6) is -0.281. The number of benzene rings is 1. The van der Waals surface area contributed by atoms with Crippen molar-refractivity contribution in [3.8, 4) is 0 Å². The van der Waals surface area contributed by atoms with Crippen LogP contribution in [0, 0.1) is 0 Å². The molecular formula is C19H19N7O2. The van der Waals surface area contributed by atoms with Gasteiger partial charge in [-0.1, -0.05) is 0 Å². The van der Waals surface area contributed by atoms with E-state index < -0.39 is 0 Å². The number of carbonyl (C=O) groups is 1. The Balaban J connectivity index is 1.56. The fourth-order valence-electron chi connectivity index (χ4n) is 3.69. The van der Waals surface area contributed by atoms with Crippen molar-refractivity contribution in [1.82, 2.24) is 24.4 Å². The van der Waals surface area contributed by atoms with Gasteiger partial charge in [-0.3, -0.25) is 9.48 Å². The first kappa shape index (κ1) is 16.7. The van der Waals surface area contributed by atoms with Crippen LogP contribution in [-0.4, -0.2) is 54.6 Å². The number of aryl methyl sites for hydroxylation is 1. The van der Waals surface area contributed by atoms with E-state index in [1.54, 1.807) is 33.9 Å². The molecule has 1 aliphatic heterocycles. The Hall–Kier alpha value is -3.46. The minimum absolute atomic E-state index is 0.281. The number of hydrogen-bond donors (Lipinski definition) is 2. The summed E-state index contributed by atoms with van der Waals surface area (Å²) in [4.78, 5) is 19.3. The van der Waals surface area contributed by atoms with Crippen molar-refractivity contribution in [2.45, 2.75) is 12.5 Å². The van der Waals surface area contributed by atoms with E-state index in [1.807, 2.05) is 19.2 Å². The van der Waals surface area contributed by atoms with E-state index in [0.29, 0.717) is 29.9 Å². The highest BCUT2D eigenvalue weighted by atomic mass is 16.3. The van der Waals surface area contributed by atoms with E-state index >= 15 is 0 Å². The lowest BCUT2D eigenvalue weighted by Crippen LogP contribution is -2.23. The molecule has 0 spiro atoms. The normalized spacial score (nSPS) is 16.9. The van der Waals surface area contributed by atoms with Gasteiger partial charge in [-0.05, 0) is 24.6 Å². The molecule has 1 aromatic carbocycles. The van der Waals surface area contributed by atoms with Crippen molar-refractivity contribution < 1.29 is 9.90 Å². The number of aliphatic hydroxyl groups excluding tert-OH is 1. The van der Waals surface area contributed by atoms with E-state index in [2.05, 4.69) is 25.4 Å². The van der Waals surface area contributed by atoms with E-state index in [9.17, 15) is 9.90 Å². The molecule has 1 saturated heterocycles. The minimum atomic E-state index is -0.364. The zero-order valence-electron chi connectivity index (χ0n) is 15.3. The fraction of sp³-hybridized carbons (Fsp3) is 0.263. The summed E-state index contributed by atoms with van der Waals surface area (Å²) in [6.07, 6.45) is 7.03. The van der Waals surface area contributed by atoms with Crippen LogP contribution in [0.15, 0.2) is 43.0 Å². The lowest BCUT2D eigenvalue weighted by Gasteiger charge is -2.22. The van der Waals surface area contributed by atoms with Crippen molar-refractivity contribution in [2.24, 2.45) is 7.05 Å². The number of β-amino-alcohol motifs (C(OH)–C–C–N with tert-alkyl or cyclic N) is 1. The molecule has 0 bridgehead atoms.